The lowest BCUT2D eigenvalue weighted by atomic mass is 10.2. The zero-order valence-corrected chi connectivity index (χ0v) is 11.7. The van der Waals surface area contributed by atoms with Crippen LogP contribution in [0.5, 0.6) is 0 Å². The largest absolute Gasteiger partial charge is 0.451 e. The first kappa shape index (κ1) is 15.0. The van der Waals surface area contributed by atoms with Crippen molar-refractivity contribution in [3.8, 4) is 6.07 Å². The number of hydrogen-bond donors (Lipinski definition) is 1. The van der Waals surface area contributed by atoms with E-state index in [-0.39, 0.29) is 0 Å². The van der Waals surface area contributed by atoms with Gasteiger partial charge in [0.05, 0.1) is 11.6 Å². The van der Waals surface area contributed by atoms with Crippen molar-refractivity contribution >= 4 is 17.6 Å². The summed E-state index contributed by atoms with van der Waals surface area (Å²) in [5.41, 5.74) is 1.05. The molecule has 0 radical (unpaired) electrons. The Labute approximate surface area is 122 Å². The van der Waals surface area contributed by atoms with Crippen LogP contribution in [-0.4, -0.2) is 30.7 Å². The van der Waals surface area contributed by atoms with Gasteiger partial charge in [0.1, 0.15) is 0 Å². The van der Waals surface area contributed by atoms with Crippen LogP contribution in [0.25, 0.3) is 0 Å². The quantitative estimate of drug-likeness (QED) is 0.850. The van der Waals surface area contributed by atoms with E-state index in [4.69, 9.17) is 14.7 Å². The lowest BCUT2D eigenvalue weighted by Crippen LogP contribution is -2.33. The maximum atomic E-state index is 11.9. The maximum absolute atomic E-state index is 11.9. The fourth-order valence-electron chi connectivity index (χ4n) is 1.94. The third-order valence-corrected chi connectivity index (χ3v) is 3.14. The van der Waals surface area contributed by atoms with Gasteiger partial charge in [-0.3, -0.25) is 4.79 Å². The van der Waals surface area contributed by atoms with Crippen molar-refractivity contribution in [2.24, 2.45) is 0 Å². The number of rotatable bonds is 4. The van der Waals surface area contributed by atoms with E-state index < -0.39 is 24.1 Å². The van der Waals surface area contributed by atoms with E-state index in [1.54, 1.807) is 24.3 Å². The number of carbonyl (C=O) groups is 2. The molecule has 1 amide bonds. The lowest BCUT2D eigenvalue weighted by molar-refractivity contribution is -0.162. The lowest BCUT2D eigenvalue weighted by Gasteiger charge is -2.15. The molecule has 1 aromatic rings. The molecule has 0 aliphatic carbocycles. The van der Waals surface area contributed by atoms with Gasteiger partial charge in [0.2, 0.25) is 0 Å². The Kier molecular flexibility index (Phi) is 4.90. The van der Waals surface area contributed by atoms with Gasteiger partial charge in [-0.25, -0.2) is 4.79 Å². The maximum Gasteiger partial charge on any atom is 0.336 e. The van der Waals surface area contributed by atoms with E-state index >= 15 is 0 Å². The molecule has 0 aromatic heterocycles. The minimum atomic E-state index is -0.905. The molecule has 1 fully saturated rings. The van der Waals surface area contributed by atoms with Gasteiger partial charge in [-0.1, -0.05) is 0 Å². The van der Waals surface area contributed by atoms with E-state index in [9.17, 15) is 9.59 Å². The van der Waals surface area contributed by atoms with Crippen LogP contribution in [0.3, 0.4) is 0 Å². The summed E-state index contributed by atoms with van der Waals surface area (Å²) in [6.45, 7) is 2.05. The highest BCUT2D eigenvalue weighted by Gasteiger charge is 2.28. The van der Waals surface area contributed by atoms with Gasteiger partial charge >= 0.3 is 5.97 Å². The molecule has 6 heteroatoms. The van der Waals surface area contributed by atoms with Crippen LogP contribution in [0.4, 0.5) is 5.69 Å². The molecule has 1 aromatic carbocycles. The molecule has 21 heavy (non-hydrogen) atoms. The molecule has 1 heterocycles. The summed E-state index contributed by atoms with van der Waals surface area (Å²) >= 11 is 0. The predicted molar refractivity (Wildman–Crippen MR) is 74.3 cm³/mol. The van der Waals surface area contributed by atoms with Gasteiger partial charge in [-0.2, -0.15) is 5.26 Å². The average molecular weight is 288 g/mol. The van der Waals surface area contributed by atoms with Crippen molar-refractivity contribution in [1.82, 2.24) is 0 Å². The summed E-state index contributed by atoms with van der Waals surface area (Å²) in [6.07, 6.45) is -0.0125. The minimum Gasteiger partial charge on any atom is -0.451 e. The van der Waals surface area contributed by atoms with E-state index in [1.807, 2.05) is 6.07 Å². The molecular weight excluding hydrogens is 272 g/mol. The summed E-state index contributed by atoms with van der Waals surface area (Å²) in [5, 5.41) is 11.3. The normalized spacial score (nSPS) is 18.6. The number of hydrogen-bond acceptors (Lipinski definition) is 5. The Morgan fingerprint density at radius 3 is 2.71 bits per heavy atom. The molecule has 6 nitrogen and oxygen atoms in total. The van der Waals surface area contributed by atoms with Crippen LogP contribution in [-0.2, 0) is 19.1 Å². The number of ether oxygens (including phenoxy) is 2. The second kappa shape index (κ2) is 6.86. The first-order valence-electron chi connectivity index (χ1n) is 6.73. The summed E-state index contributed by atoms with van der Waals surface area (Å²) in [5.74, 6) is -0.930. The molecule has 0 spiro atoms. The summed E-state index contributed by atoms with van der Waals surface area (Å²) < 4.78 is 10.3. The topological polar surface area (TPSA) is 88.4 Å². The highest BCUT2D eigenvalue weighted by atomic mass is 16.6. The second-order valence-corrected chi connectivity index (χ2v) is 4.76. The van der Waals surface area contributed by atoms with Crippen molar-refractivity contribution in [3.05, 3.63) is 29.8 Å². The number of nitriles is 1. The molecule has 1 N–H and O–H groups in total. The summed E-state index contributed by atoms with van der Waals surface area (Å²) in [4.78, 5) is 23.7. The van der Waals surface area contributed by atoms with E-state index in [0.29, 0.717) is 24.3 Å². The number of carbonyl (C=O) groups excluding carboxylic acids is 2. The van der Waals surface area contributed by atoms with Gasteiger partial charge in [0.25, 0.3) is 5.91 Å². The molecule has 0 bridgehead atoms. The first-order valence-corrected chi connectivity index (χ1v) is 6.73. The van der Waals surface area contributed by atoms with Crippen LogP contribution >= 0.6 is 0 Å². The standard InChI is InChI=1S/C15H16N2O4/c1-10(21-15(19)13-3-2-8-20-13)14(18)17-12-6-4-11(9-16)5-7-12/h4-7,10,13H,2-3,8H2,1H3,(H,17,18)/t10-,13-/m1/s1. The Bertz CT molecular complexity index is 556. The number of benzene rings is 1. The molecule has 0 unspecified atom stereocenters. The smallest absolute Gasteiger partial charge is 0.336 e. The Morgan fingerprint density at radius 1 is 1.43 bits per heavy atom. The Morgan fingerprint density at radius 2 is 2.14 bits per heavy atom. The van der Waals surface area contributed by atoms with Crippen LogP contribution < -0.4 is 5.32 Å². The fraction of sp³-hybridized carbons (Fsp3) is 0.400. The third kappa shape index (κ3) is 4.04. The second-order valence-electron chi connectivity index (χ2n) is 4.76. The molecule has 0 saturated carbocycles. The monoisotopic (exact) mass is 288 g/mol. The molecule has 2 atom stereocenters. The van der Waals surface area contributed by atoms with E-state index in [1.165, 1.54) is 6.92 Å². The SMILES string of the molecule is C[C@@H](OC(=O)[C@H]1CCCO1)C(=O)Nc1ccc(C#N)cc1. The zero-order valence-electron chi connectivity index (χ0n) is 11.7. The van der Waals surface area contributed by atoms with Crippen LogP contribution in [0, 0.1) is 11.3 Å². The van der Waals surface area contributed by atoms with Crippen molar-refractivity contribution in [2.45, 2.75) is 32.0 Å². The molecular formula is C15H16N2O4. The third-order valence-electron chi connectivity index (χ3n) is 3.14. The van der Waals surface area contributed by atoms with Gasteiger partial charge in [0, 0.05) is 12.3 Å². The van der Waals surface area contributed by atoms with Crippen LogP contribution in [0.15, 0.2) is 24.3 Å². The Hall–Kier alpha value is -2.39. The zero-order chi connectivity index (χ0) is 15.2. The average Bonchev–Trinajstić information content (AvgIpc) is 3.02. The molecule has 2 rings (SSSR count). The summed E-state index contributed by atoms with van der Waals surface area (Å²) in [7, 11) is 0. The van der Waals surface area contributed by atoms with Crippen molar-refractivity contribution in [3.63, 3.8) is 0 Å². The van der Waals surface area contributed by atoms with Gasteiger partial charge in [-0.15, -0.1) is 0 Å². The van der Waals surface area contributed by atoms with Crippen LogP contribution in [0.1, 0.15) is 25.3 Å². The molecule has 1 saturated heterocycles. The molecule has 110 valence electrons. The number of amides is 1. The number of nitrogens with one attached hydrogen (secondary N) is 1. The minimum absolute atomic E-state index is 0.425. The molecule has 1 aliphatic rings. The van der Waals surface area contributed by atoms with Crippen molar-refractivity contribution in [2.75, 3.05) is 11.9 Å². The van der Waals surface area contributed by atoms with E-state index in [2.05, 4.69) is 5.32 Å². The van der Waals surface area contributed by atoms with Gasteiger partial charge < -0.3 is 14.8 Å². The van der Waals surface area contributed by atoms with Crippen LogP contribution in [0.2, 0.25) is 0 Å². The fourth-order valence-corrected chi connectivity index (χ4v) is 1.94. The number of esters is 1. The van der Waals surface area contributed by atoms with Gasteiger partial charge in [0.15, 0.2) is 12.2 Å². The van der Waals surface area contributed by atoms with Crippen molar-refractivity contribution in [1.29, 1.82) is 5.26 Å². The number of nitrogens with zero attached hydrogens (tertiary/aromatic N) is 1. The van der Waals surface area contributed by atoms with Gasteiger partial charge in [-0.05, 0) is 44.0 Å². The highest BCUT2D eigenvalue weighted by Crippen LogP contribution is 2.15. The van der Waals surface area contributed by atoms with E-state index in [0.717, 1.165) is 6.42 Å². The Balaban J connectivity index is 1.86. The number of anilines is 1. The molecule has 1 aliphatic heterocycles. The summed E-state index contributed by atoms with van der Waals surface area (Å²) in [6, 6.07) is 8.42. The predicted octanol–water partition coefficient (Wildman–Crippen LogP) is 1.61. The highest BCUT2D eigenvalue weighted by molar-refractivity contribution is 5.95. The van der Waals surface area contributed by atoms with Crippen molar-refractivity contribution < 1.29 is 19.1 Å². The first-order chi connectivity index (χ1) is 10.1.